The highest BCUT2D eigenvalue weighted by molar-refractivity contribution is 8.00. The average molecular weight is 1330 g/mol. The third kappa shape index (κ3) is 12.3. The molecule has 2 atom stereocenters. The molecule has 12 rings (SSSR count). The van der Waals surface area contributed by atoms with Crippen molar-refractivity contribution >= 4 is 80.9 Å². The number of thioether (sulfide) groups is 1. The third-order valence-electron chi connectivity index (χ3n) is 16.1. The Labute approximate surface area is 539 Å². The van der Waals surface area contributed by atoms with E-state index >= 15 is 14.4 Å². The fraction of sp³-hybridized carbons (Fsp3) is 0.194. The average Bonchev–Trinajstić information content (AvgIpc) is 0.757. The second-order valence-electron chi connectivity index (χ2n) is 22.8. The van der Waals surface area contributed by atoms with E-state index in [4.69, 9.17) is 19.3 Å². The second kappa shape index (κ2) is 26.6. The summed E-state index contributed by atoms with van der Waals surface area (Å²) in [7, 11) is -2.64. The zero-order chi connectivity index (χ0) is 60.0. The van der Waals surface area contributed by atoms with Crippen LogP contribution in [0.4, 0.5) is 5.13 Å². The molecule has 3 aliphatic rings. The van der Waals surface area contributed by atoms with Gasteiger partial charge in [0.05, 0.1) is 6.16 Å². The topological polar surface area (TPSA) is 149 Å². The standard InChI is InChI=1S/C72H64N5O7PS2.HI/c1-70(2,3)83-68(81)71(45-28-46-71)84-76-60(59-49-87-69(73-59)75-72(53-33-16-6-17-34-53,54-35-18-7-19-36-54)55-37-20-8-21-38-55)64(78)74-61-65(79)77-62(67(80)82-63(50-29-12-4-13-30-50)51-31-14-5-15-32-51)52(48-86-66(61)77)47-85(56-39-22-9-23-40-56,57-41-24-10-25-42-57)58-43-26-11-27-44-58;/h4-27,29-44,49,61,63,66H,28,45-48H2,1-3H3,(H-,73,74,75,78);1H/b76-60-;/t61?,66-;/m0./s1. The first-order valence-corrected chi connectivity index (χ1v) is 33.0. The van der Waals surface area contributed by atoms with Crippen molar-refractivity contribution in [2.45, 2.75) is 74.3 Å². The van der Waals surface area contributed by atoms with E-state index in [2.05, 4.69) is 88.6 Å². The van der Waals surface area contributed by atoms with Gasteiger partial charge in [0, 0.05) is 29.5 Å². The predicted molar refractivity (Wildman–Crippen MR) is 348 cm³/mol. The van der Waals surface area contributed by atoms with Crippen molar-refractivity contribution in [3.63, 3.8) is 0 Å². The van der Waals surface area contributed by atoms with Crippen molar-refractivity contribution in [3.8, 4) is 0 Å². The highest BCUT2D eigenvalue weighted by atomic mass is 127. The van der Waals surface area contributed by atoms with Gasteiger partial charge < -0.3 is 48.9 Å². The molecule has 1 saturated carbocycles. The van der Waals surface area contributed by atoms with Gasteiger partial charge in [0.2, 0.25) is 5.60 Å². The molecule has 8 aromatic carbocycles. The normalized spacial score (nSPS) is 16.4. The quantitative estimate of drug-likeness (QED) is 0.0144. The number of nitrogens with zero attached hydrogens (tertiary/aromatic N) is 3. The first-order valence-electron chi connectivity index (χ1n) is 29.1. The van der Waals surface area contributed by atoms with Crippen LogP contribution in [0.3, 0.4) is 0 Å². The summed E-state index contributed by atoms with van der Waals surface area (Å²) < 4.78 is 12.6. The van der Waals surface area contributed by atoms with Crippen molar-refractivity contribution in [2.75, 3.05) is 17.2 Å². The second-order valence-corrected chi connectivity index (χ2v) is 28.2. The molecule has 16 heteroatoms. The zero-order valence-electron chi connectivity index (χ0n) is 48.8. The summed E-state index contributed by atoms with van der Waals surface area (Å²) in [5.41, 5.74) is 1.90. The number of rotatable bonds is 20. The molecular weight excluding hydrogens is 1270 g/mol. The van der Waals surface area contributed by atoms with E-state index < -0.39 is 65.3 Å². The number of hydrogen-bond donors (Lipinski definition) is 2. The van der Waals surface area contributed by atoms with Gasteiger partial charge in [-0.1, -0.05) is 211 Å². The molecule has 0 bridgehead atoms. The van der Waals surface area contributed by atoms with Crippen LogP contribution in [0, 0.1) is 0 Å². The Hall–Kier alpha value is -8.21. The largest absolute Gasteiger partial charge is 1.00 e. The van der Waals surface area contributed by atoms with Gasteiger partial charge in [0.15, 0.2) is 16.9 Å². The fourth-order valence-corrected chi connectivity index (χ4v) is 18.3. The lowest BCUT2D eigenvalue weighted by Gasteiger charge is -2.50. The smallest absolute Gasteiger partial charge is 0.356 e. The highest BCUT2D eigenvalue weighted by Gasteiger charge is 2.58. The van der Waals surface area contributed by atoms with Crippen LogP contribution in [0.25, 0.3) is 0 Å². The number of esters is 2. The Morgan fingerprint density at radius 1 is 0.659 bits per heavy atom. The molecule has 0 spiro atoms. The summed E-state index contributed by atoms with van der Waals surface area (Å²) in [5.74, 6) is -2.20. The number of aromatic nitrogens is 1. The van der Waals surface area contributed by atoms with E-state index in [1.54, 1.807) is 26.2 Å². The molecule has 9 aromatic rings. The minimum absolute atomic E-state index is 0. The maximum absolute atomic E-state index is 15.7. The van der Waals surface area contributed by atoms with Gasteiger partial charge in [-0.15, -0.1) is 23.1 Å². The lowest BCUT2D eigenvalue weighted by atomic mass is 9.77. The van der Waals surface area contributed by atoms with E-state index in [1.165, 1.54) is 28.0 Å². The number of anilines is 1. The lowest BCUT2D eigenvalue weighted by molar-refractivity contribution is -0.196. The zero-order valence-corrected chi connectivity index (χ0v) is 53.5. The van der Waals surface area contributed by atoms with Gasteiger partial charge in [-0.3, -0.25) is 14.5 Å². The van der Waals surface area contributed by atoms with Crippen LogP contribution < -0.4 is 50.5 Å². The van der Waals surface area contributed by atoms with E-state index in [-0.39, 0.29) is 41.1 Å². The Morgan fingerprint density at radius 2 is 1.10 bits per heavy atom. The lowest BCUT2D eigenvalue weighted by Crippen LogP contribution is -3.00. The summed E-state index contributed by atoms with van der Waals surface area (Å²) in [6.45, 7) is 5.36. The maximum Gasteiger partial charge on any atom is 0.356 e. The van der Waals surface area contributed by atoms with Crippen LogP contribution in [-0.4, -0.2) is 73.9 Å². The SMILES string of the molecule is CC(C)(C)OC(=O)C1(O/N=C(\C(=O)NC2C(=O)N3C(C(=O)OC(c4ccccc4)c4ccccc4)=C(C[P+](c4ccccc4)(c4ccccc4)c4ccccc4)CS[C@@H]23)c2csc(NC(c3ccccc3)(c3ccccc3)c3ccccc3)n2)CCC1.[I-]. The Balaban J connectivity index is 0.00000800. The number of carbonyl (C=O) groups excluding carboxylic acids is 4. The number of amides is 2. The summed E-state index contributed by atoms with van der Waals surface area (Å²) >= 11 is 2.74. The number of oxime groups is 1. The fourth-order valence-electron chi connectivity index (χ4n) is 11.7. The Bertz CT molecular complexity index is 3720. The van der Waals surface area contributed by atoms with Crippen LogP contribution in [-0.2, 0) is 39.0 Å². The van der Waals surface area contributed by atoms with Gasteiger partial charge in [-0.25, -0.2) is 14.6 Å². The van der Waals surface area contributed by atoms with Crippen LogP contribution in [0.1, 0.15) is 79.6 Å². The maximum atomic E-state index is 15.7. The summed E-state index contributed by atoms with van der Waals surface area (Å²) in [4.78, 5) is 73.3. The molecule has 1 aliphatic carbocycles. The molecule has 3 heterocycles. The number of ether oxygens (including phenoxy) is 2. The van der Waals surface area contributed by atoms with Crippen molar-refractivity contribution in [3.05, 3.63) is 293 Å². The summed E-state index contributed by atoms with van der Waals surface area (Å²) in [6, 6.07) is 79.5. The number of nitrogens with one attached hydrogen (secondary N) is 2. The van der Waals surface area contributed by atoms with Crippen molar-refractivity contribution in [1.82, 2.24) is 15.2 Å². The molecule has 88 heavy (non-hydrogen) atoms. The monoisotopic (exact) mass is 1330 g/mol. The number of carbonyl (C=O) groups is 4. The van der Waals surface area contributed by atoms with Gasteiger partial charge in [0.1, 0.15) is 57.1 Å². The first kappa shape index (κ1) is 61.4. The number of halogens is 1. The molecule has 12 nitrogen and oxygen atoms in total. The molecule has 2 fully saturated rings. The molecule has 1 unspecified atom stereocenters. The Morgan fingerprint density at radius 3 is 1.53 bits per heavy atom. The highest BCUT2D eigenvalue weighted by Crippen LogP contribution is 2.58. The molecule has 0 radical (unpaired) electrons. The molecule has 1 saturated heterocycles. The van der Waals surface area contributed by atoms with Gasteiger partial charge in [0.25, 0.3) is 11.8 Å². The molecular formula is C72H65IN5O7PS2. The van der Waals surface area contributed by atoms with Crippen molar-refractivity contribution in [2.24, 2.45) is 5.16 Å². The van der Waals surface area contributed by atoms with E-state index in [0.29, 0.717) is 36.3 Å². The molecule has 1 aromatic heterocycles. The van der Waals surface area contributed by atoms with Gasteiger partial charge in [-0.05, 0) is 91.4 Å². The number of benzene rings is 8. The van der Waals surface area contributed by atoms with Gasteiger partial charge >= 0.3 is 11.9 Å². The predicted octanol–water partition coefficient (Wildman–Crippen LogP) is 9.52. The van der Waals surface area contributed by atoms with Gasteiger partial charge in [-0.2, -0.15) is 0 Å². The van der Waals surface area contributed by atoms with Crippen molar-refractivity contribution in [1.29, 1.82) is 0 Å². The number of β-lactam (4-membered cyclic amide) rings is 1. The Kier molecular flexibility index (Phi) is 18.6. The van der Waals surface area contributed by atoms with E-state index in [1.807, 2.05) is 170 Å². The first-order chi connectivity index (χ1) is 42.4. The number of fused-ring (bicyclic) bond motifs is 1. The summed E-state index contributed by atoms with van der Waals surface area (Å²) in [5, 5.41) is 16.1. The number of hydrogen-bond acceptors (Lipinski definition) is 12. The minimum atomic E-state index is -2.64. The van der Waals surface area contributed by atoms with E-state index in [9.17, 15) is 4.79 Å². The van der Waals surface area contributed by atoms with Crippen LogP contribution >= 0.6 is 30.4 Å². The molecule has 2 aliphatic heterocycles. The van der Waals surface area contributed by atoms with E-state index in [0.717, 1.165) is 49.3 Å². The minimum Gasteiger partial charge on any atom is -1.00 e. The molecule has 2 amide bonds. The number of thiazole rings is 1. The molecule has 2 N–H and O–H groups in total. The van der Waals surface area contributed by atoms with Crippen LogP contribution in [0.5, 0.6) is 0 Å². The third-order valence-corrected chi connectivity index (χ3v) is 22.6. The van der Waals surface area contributed by atoms with Crippen LogP contribution in [0.15, 0.2) is 264 Å². The van der Waals surface area contributed by atoms with Crippen LogP contribution in [0.2, 0.25) is 0 Å². The summed E-state index contributed by atoms with van der Waals surface area (Å²) in [6.07, 6.45) is 0.900. The van der Waals surface area contributed by atoms with Crippen molar-refractivity contribution < 1.29 is 57.5 Å². The molecule has 444 valence electrons.